The molecule has 1 aromatic rings. The lowest BCUT2D eigenvalue weighted by Crippen LogP contribution is -2.59. The minimum Gasteiger partial charge on any atom is -0.458 e. The Morgan fingerprint density at radius 1 is 1.04 bits per heavy atom. The van der Waals surface area contributed by atoms with E-state index in [0.717, 1.165) is 5.56 Å². The summed E-state index contributed by atoms with van der Waals surface area (Å²) in [6, 6.07) is 9.35. The number of nitrogens with one attached hydrogen (secondary N) is 1. The zero-order valence-corrected chi connectivity index (χ0v) is 16.4. The van der Waals surface area contributed by atoms with Crippen LogP contribution >= 0.6 is 0 Å². The molecule has 1 aliphatic rings. The SMILES string of the molecule is CC(C)(C)OC(=O)N[C@@]1(C(=O)OC(C)(C)C)CCO[C@@H]1c1ccccc1. The molecule has 1 N–H and O–H groups in total. The Bertz CT molecular complexity index is 644. The maximum Gasteiger partial charge on any atom is 0.408 e. The molecule has 6 nitrogen and oxygen atoms in total. The molecule has 1 fully saturated rings. The lowest BCUT2D eigenvalue weighted by Gasteiger charge is -2.36. The van der Waals surface area contributed by atoms with Gasteiger partial charge in [-0.25, -0.2) is 9.59 Å². The van der Waals surface area contributed by atoms with E-state index >= 15 is 0 Å². The Morgan fingerprint density at radius 2 is 1.62 bits per heavy atom. The molecule has 1 amide bonds. The summed E-state index contributed by atoms with van der Waals surface area (Å²) in [4.78, 5) is 25.6. The van der Waals surface area contributed by atoms with E-state index in [2.05, 4.69) is 5.32 Å². The highest BCUT2D eigenvalue weighted by Gasteiger charge is 2.55. The molecule has 1 heterocycles. The number of hydrogen-bond donors (Lipinski definition) is 1. The van der Waals surface area contributed by atoms with Gasteiger partial charge in [-0.2, -0.15) is 0 Å². The highest BCUT2D eigenvalue weighted by molar-refractivity contribution is 5.87. The predicted octanol–water partition coefficient (Wildman–Crippen LogP) is 3.75. The zero-order valence-electron chi connectivity index (χ0n) is 16.4. The molecule has 1 aliphatic heterocycles. The molecule has 26 heavy (non-hydrogen) atoms. The maximum atomic E-state index is 13.1. The van der Waals surface area contributed by atoms with Crippen molar-refractivity contribution in [2.45, 2.75) is 70.8 Å². The fraction of sp³-hybridized carbons (Fsp3) is 0.600. The van der Waals surface area contributed by atoms with Crippen LogP contribution in [0, 0.1) is 0 Å². The monoisotopic (exact) mass is 363 g/mol. The van der Waals surface area contributed by atoms with E-state index in [1.807, 2.05) is 30.3 Å². The topological polar surface area (TPSA) is 73.9 Å². The van der Waals surface area contributed by atoms with E-state index in [1.165, 1.54) is 0 Å². The second-order valence-electron chi connectivity index (χ2n) is 8.51. The third kappa shape index (κ3) is 4.97. The molecular formula is C20H29NO5. The number of hydrogen-bond acceptors (Lipinski definition) is 5. The average Bonchev–Trinajstić information content (AvgIpc) is 2.89. The van der Waals surface area contributed by atoms with Crippen molar-refractivity contribution in [3.05, 3.63) is 35.9 Å². The first kappa shape index (κ1) is 20.2. The molecule has 0 spiro atoms. The van der Waals surface area contributed by atoms with E-state index in [1.54, 1.807) is 41.5 Å². The van der Waals surface area contributed by atoms with Crippen molar-refractivity contribution in [2.24, 2.45) is 0 Å². The fourth-order valence-electron chi connectivity index (χ4n) is 2.86. The Hall–Kier alpha value is -2.08. The van der Waals surface area contributed by atoms with Crippen LogP contribution in [0.25, 0.3) is 0 Å². The summed E-state index contributed by atoms with van der Waals surface area (Å²) in [6.07, 6.45) is -1.01. The first-order chi connectivity index (χ1) is 11.9. The number of amides is 1. The molecule has 2 rings (SSSR count). The first-order valence-electron chi connectivity index (χ1n) is 8.84. The normalized spacial score (nSPS) is 23.4. The third-order valence-electron chi connectivity index (χ3n) is 3.82. The third-order valence-corrected chi connectivity index (χ3v) is 3.82. The minimum atomic E-state index is -1.34. The quantitative estimate of drug-likeness (QED) is 0.828. The Labute approximate surface area is 155 Å². The Morgan fingerprint density at radius 3 is 2.15 bits per heavy atom. The number of rotatable bonds is 3. The van der Waals surface area contributed by atoms with Crippen molar-refractivity contribution >= 4 is 12.1 Å². The summed E-state index contributed by atoms with van der Waals surface area (Å²) >= 11 is 0. The van der Waals surface area contributed by atoms with Crippen molar-refractivity contribution in [3.63, 3.8) is 0 Å². The van der Waals surface area contributed by atoms with Gasteiger partial charge in [0.15, 0.2) is 5.54 Å². The second-order valence-corrected chi connectivity index (χ2v) is 8.51. The van der Waals surface area contributed by atoms with E-state index in [-0.39, 0.29) is 0 Å². The number of esters is 1. The average molecular weight is 363 g/mol. The van der Waals surface area contributed by atoms with Crippen LogP contribution in [0.15, 0.2) is 30.3 Å². The Kier molecular flexibility index (Phi) is 5.66. The number of benzene rings is 1. The number of alkyl carbamates (subject to hydrolysis) is 1. The fourth-order valence-corrected chi connectivity index (χ4v) is 2.86. The van der Waals surface area contributed by atoms with Gasteiger partial charge in [-0.15, -0.1) is 0 Å². The lowest BCUT2D eigenvalue weighted by atomic mass is 9.86. The van der Waals surface area contributed by atoms with Crippen molar-refractivity contribution in [3.8, 4) is 0 Å². The number of carbonyl (C=O) groups excluding carboxylic acids is 2. The van der Waals surface area contributed by atoms with Gasteiger partial charge < -0.3 is 19.5 Å². The van der Waals surface area contributed by atoms with Crippen molar-refractivity contribution in [1.82, 2.24) is 5.32 Å². The molecule has 2 atom stereocenters. The minimum absolute atomic E-state index is 0.306. The van der Waals surface area contributed by atoms with Gasteiger partial charge in [0.1, 0.15) is 17.3 Å². The zero-order chi connectivity index (χ0) is 19.6. The summed E-state index contributed by atoms with van der Waals surface area (Å²) in [5, 5.41) is 2.76. The molecule has 1 aromatic carbocycles. The number of ether oxygens (including phenoxy) is 3. The van der Waals surface area contributed by atoms with E-state index in [0.29, 0.717) is 13.0 Å². The van der Waals surface area contributed by atoms with Gasteiger partial charge in [-0.1, -0.05) is 30.3 Å². The second kappa shape index (κ2) is 7.27. The van der Waals surface area contributed by atoms with E-state index in [4.69, 9.17) is 14.2 Å². The van der Waals surface area contributed by atoms with Crippen molar-refractivity contribution in [1.29, 1.82) is 0 Å². The van der Waals surface area contributed by atoms with Crippen LogP contribution in [0.4, 0.5) is 4.79 Å². The largest absolute Gasteiger partial charge is 0.458 e. The van der Waals surface area contributed by atoms with Crippen LogP contribution in [0.1, 0.15) is 59.6 Å². The maximum absolute atomic E-state index is 13.1. The molecule has 1 saturated heterocycles. The number of carbonyl (C=O) groups is 2. The van der Waals surface area contributed by atoms with Gasteiger partial charge in [0, 0.05) is 6.42 Å². The smallest absolute Gasteiger partial charge is 0.408 e. The van der Waals surface area contributed by atoms with Crippen LogP contribution in [0.3, 0.4) is 0 Å². The highest BCUT2D eigenvalue weighted by atomic mass is 16.6. The van der Waals surface area contributed by atoms with Crippen LogP contribution in [-0.4, -0.2) is 35.4 Å². The van der Waals surface area contributed by atoms with Gasteiger partial charge in [0.2, 0.25) is 0 Å². The van der Waals surface area contributed by atoms with Crippen molar-refractivity contribution in [2.75, 3.05) is 6.61 Å². The van der Waals surface area contributed by atoms with Gasteiger partial charge in [0.25, 0.3) is 0 Å². The standard InChI is InChI=1S/C20H29NO5/c1-18(2,3)25-16(22)20(21-17(23)26-19(4,5)6)12-13-24-15(20)14-10-8-7-9-11-14/h7-11,15H,12-13H2,1-6H3,(H,21,23)/t15-,20+/m1/s1. The summed E-state index contributed by atoms with van der Waals surface area (Å²) < 4.78 is 16.8. The van der Waals surface area contributed by atoms with Crippen LogP contribution in [-0.2, 0) is 19.0 Å². The van der Waals surface area contributed by atoms with Crippen LogP contribution in [0.2, 0.25) is 0 Å². The van der Waals surface area contributed by atoms with Gasteiger partial charge in [-0.05, 0) is 47.1 Å². The summed E-state index contributed by atoms with van der Waals surface area (Å²) in [7, 11) is 0. The Balaban J connectivity index is 2.38. The summed E-state index contributed by atoms with van der Waals surface area (Å²) in [5.74, 6) is -0.526. The van der Waals surface area contributed by atoms with Crippen LogP contribution < -0.4 is 5.32 Å². The van der Waals surface area contributed by atoms with Crippen LogP contribution in [0.5, 0.6) is 0 Å². The molecular weight excluding hydrogens is 334 g/mol. The molecule has 0 saturated carbocycles. The van der Waals surface area contributed by atoms with Gasteiger partial charge >= 0.3 is 12.1 Å². The van der Waals surface area contributed by atoms with Gasteiger partial charge in [-0.3, -0.25) is 0 Å². The molecule has 0 aromatic heterocycles. The van der Waals surface area contributed by atoms with Gasteiger partial charge in [0.05, 0.1) is 6.61 Å². The first-order valence-corrected chi connectivity index (χ1v) is 8.84. The molecule has 144 valence electrons. The summed E-state index contributed by atoms with van der Waals surface area (Å²) in [5.41, 5.74) is -1.91. The predicted molar refractivity (Wildman–Crippen MR) is 97.7 cm³/mol. The van der Waals surface area contributed by atoms with Crippen molar-refractivity contribution < 1.29 is 23.8 Å². The molecule has 0 radical (unpaired) electrons. The summed E-state index contributed by atoms with van der Waals surface area (Å²) in [6.45, 7) is 11.0. The molecule has 0 bridgehead atoms. The molecule has 6 heteroatoms. The highest BCUT2D eigenvalue weighted by Crippen LogP contribution is 2.40. The van der Waals surface area contributed by atoms with E-state index < -0.39 is 34.9 Å². The lowest BCUT2D eigenvalue weighted by molar-refractivity contribution is -0.166. The molecule has 0 aliphatic carbocycles. The molecule has 0 unspecified atom stereocenters. The van der Waals surface area contributed by atoms with E-state index in [9.17, 15) is 9.59 Å².